The first-order chi connectivity index (χ1) is 9.02. The summed E-state index contributed by atoms with van der Waals surface area (Å²) in [6.07, 6.45) is 2.48. The smallest absolute Gasteiger partial charge is 0.237 e. The van der Waals surface area contributed by atoms with Crippen molar-refractivity contribution in [1.82, 2.24) is 10.6 Å². The van der Waals surface area contributed by atoms with Crippen LogP contribution in [0.25, 0.3) is 0 Å². The first kappa shape index (κ1) is 15.4. The molecule has 18 heavy (non-hydrogen) atoms. The lowest BCUT2D eigenvalue weighted by Gasteiger charge is -2.22. The van der Waals surface area contributed by atoms with Crippen molar-refractivity contribution in [1.29, 1.82) is 0 Å². The topological polar surface area (TPSA) is 87.4 Å². The monoisotopic (exact) mass is 261 g/mol. The quantitative estimate of drug-likeness (QED) is 0.424. The average molecular weight is 261 g/mol. The third-order valence-corrected chi connectivity index (χ3v) is 2.96. The highest BCUT2D eigenvalue weighted by Crippen LogP contribution is 2.03. The summed E-state index contributed by atoms with van der Waals surface area (Å²) < 4.78 is 6.97. The summed E-state index contributed by atoms with van der Waals surface area (Å²) in [5.41, 5.74) is 5.82. The number of hydrogen-bond acceptors (Lipinski definition) is 4. The predicted molar refractivity (Wildman–Crippen MR) is 74.2 cm³/mol. The summed E-state index contributed by atoms with van der Waals surface area (Å²) in [5.74, 6) is 0.00193. The summed E-state index contributed by atoms with van der Waals surface area (Å²) in [6.45, 7) is 5.79. The van der Waals surface area contributed by atoms with Gasteiger partial charge in [-0.2, -0.15) is 0 Å². The molecule has 5 nitrogen and oxygen atoms in total. The maximum Gasteiger partial charge on any atom is 0.237 e. The molecule has 0 aliphatic heterocycles. The first-order valence-electron chi connectivity index (χ1n) is 7.40. The molecule has 0 heterocycles. The molecule has 5 heteroatoms. The fourth-order valence-corrected chi connectivity index (χ4v) is 1.58. The molecule has 0 bridgehead atoms. The Labute approximate surface area is 112 Å². The van der Waals surface area contributed by atoms with Crippen molar-refractivity contribution in [3.63, 3.8) is 0 Å². The minimum atomic E-state index is -0.510. The highest BCUT2D eigenvalue weighted by atomic mass is 16.3. The number of hydrogen-bond donors (Lipinski definition) is 4. The standard InChI is InChI=1S/C13H29N3O2/c1-4-15-8-6-5-7-11(14)13(18)16-12(9-17)10(2)3/h10-12,15,17H,4-9,14H2,1-3H3,(H,16,18)/i1T. The Morgan fingerprint density at radius 3 is 2.72 bits per heavy atom. The second kappa shape index (κ2) is 10.3. The molecule has 0 aliphatic carbocycles. The second-order valence-electron chi connectivity index (χ2n) is 4.89. The van der Waals surface area contributed by atoms with Crippen LogP contribution in [0, 0.1) is 5.92 Å². The SMILES string of the molecule is [3H]CCNCCCCC(N)C(=O)NC(CO)C(C)C. The van der Waals surface area contributed by atoms with Crippen LogP contribution in [-0.4, -0.2) is 42.8 Å². The van der Waals surface area contributed by atoms with Crippen LogP contribution in [-0.2, 0) is 4.79 Å². The fourth-order valence-electron chi connectivity index (χ4n) is 1.58. The normalized spacial score (nSPS) is 15.3. The van der Waals surface area contributed by atoms with Crippen LogP contribution in [0.2, 0.25) is 0 Å². The highest BCUT2D eigenvalue weighted by molar-refractivity contribution is 5.81. The molecule has 108 valence electrons. The Bertz CT molecular complexity index is 240. The largest absolute Gasteiger partial charge is 0.394 e. The number of carbonyl (C=O) groups is 1. The molecule has 1 amide bonds. The van der Waals surface area contributed by atoms with Crippen LogP contribution >= 0.6 is 0 Å². The van der Waals surface area contributed by atoms with E-state index in [0.717, 1.165) is 19.4 Å². The third kappa shape index (κ3) is 7.63. The zero-order chi connectivity index (χ0) is 14.7. The molecule has 2 atom stereocenters. The molecule has 0 aliphatic rings. The summed E-state index contributed by atoms with van der Waals surface area (Å²) in [5, 5.41) is 15.0. The molecule has 0 radical (unpaired) electrons. The van der Waals surface area contributed by atoms with Crippen LogP contribution in [0.3, 0.4) is 0 Å². The van der Waals surface area contributed by atoms with Crippen molar-refractivity contribution in [3.8, 4) is 0 Å². The molecule has 0 spiro atoms. The predicted octanol–water partition coefficient (Wildman–Crippen LogP) is 0.227. The number of aliphatic hydroxyl groups excluding tert-OH is 1. The maximum absolute atomic E-state index is 11.8. The van der Waals surface area contributed by atoms with Crippen molar-refractivity contribution >= 4 is 5.91 Å². The summed E-state index contributed by atoms with van der Waals surface area (Å²) in [7, 11) is 0. The molecular weight excluding hydrogens is 230 g/mol. The Morgan fingerprint density at radius 1 is 1.44 bits per heavy atom. The lowest BCUT2D eigenvalue weighted by atomic mass is 10.0. The fraction of sp³-hybridized carbons (Fsp3) is 0.923. The Kier molecular flexibility index (Phi) is 8.81. The van der Waals surface area contributed by atoms with E-state index in [-0.39, 0.29) is 24.5 Å². The lowest BCUT2D eigenvalue weighted by molar-refractivity contribution is -0.123. The molecule has 0 aromatic heterocycles. The molecule has 0 saturated carbocycles. The molecule has 0 saturated heterocycles. The van der Waals surface area contributed by atoms with Crippen molar-refractivity contribution in [2.75, 3.05) is 19.7 Å². The van der Waals surface area contributed by atoms with Crippen molar-refractivity contribution in [3.05, 3.63) is 0 Å². The molecule has 0 fully saturated rings. The Morgan fingerprint density at radius 2 is 2.17 bits per heavy atom. The number of carbonyl (C=O) groups excluding carboxylic acids is 1. The van der Waals surface area contributed by atoms with Gasteiger partial charge in [-0.3, -0.25) is 4.79 Å². The van der Waals surface area contributed by atoms with Crippen LogP contribution in [0.1, 0.15) is 41.4 Å². The number of amides is 1. The molecule has 0 rings (SSSR count). The van der Waals surface area contributed by atoms with E-state index in [9.17, 15) is 4.79 Å². The van der Waals surface area contributed by atoms with Gasteiger partial charge in [-0.1, -0.05) is 27.2 Å². The number of rotatable bonds is 10. The van der Waals surface area contributed by atoms with Crippen molar-refractivity contribution < 1.29 is 11.3 Å². The lowest BCUT2D eigenvalue weighted by Crippen LogP contribution is -2.48. The summed E-state index contributed by atoms with van der Waals surface area (Å²) in [4.78, 5) is 11.8. The Hall–Kier alpha value is -0.650. The van der Waals surface area contributed by atoms with Gasteiger partial charge in [0.2, 0.25) is 5.91 Å². The van der Waals surface area contributed by atoms with Crippen molar-refractivity contribution in [2.45, 2.75) is 52.1 Å². The van der Waals surface area contributed by atoms with E-state index < -0.39 is 6.04 Å². The van der Waals surface area contributed by atoms with E-state index in [0.29, 0.717) is 19.9 Å². The second-order valence-corrected chi connectivity index (χ2v) is 4.89. The van der Waals surface area contributed by atoms with Gasteiger partial charge in [0.25, 0.3) is 0 Å². The third-order valence-electron chi connectivity index (χ3n) is 2.96. The van der Waals surface area contributed by atoms with Crippen LogP contribution < -0.4 is 16.4 Å². The maximum atomic E-state index is 11.8. The van der Waals surface area contributed by atoms with Crippen molar-refractivity contribution in [2.24, 2.45) is 11.7 Å². The van der Waals surface area contributed by atoms with Gasteiger partial charge in [0.05, 0.1) is 18.7 Å². The van der Waals surface area contributed by atoms with Gasteiger partial charge >= 0.3 is 0 Å². The first-order valence-corrected chi connectivity index (χ1v) is 6.69. The van der Waals surface area contributed by atoms with Gasteiger partial charge in [-0.05, 0) is 31.8 Å². The Balaban J connectivity index is 3.75. The average Bonchev–Trinajstić information content (AvgIpc) is 2.38. The van der Waals surface area contributed by atoms with Gasteiger partial charge in [0, 0.05) is 1.37 Å². The zero-order valence-corrected chi connectivity index (χ0v) is 11.6. The summed E-state index contributed by atoms with van der Waals surface area (Å²) >= 11 is 0. The highest BCUT2D eigenvalue weighted by Gasteiger charge is 2.19. The van der Waals surface area contributed by atoms with E-state index in [2.05, 4.69) is 10.6 Å². The number of nitrogens with one attached hydrogen (secondary N) is 2. The minimum absolute atomic E-state index is 0.0623. The van der Waals surface area contributed by atoms with E-state index in [1.165, 1.54) is 0 Å². The van der Waals surface area contributed by atoms with Crippen LogP contribution in [0.15, 0.2) is 0 Å². The van der Waals surface area contributed by atoms with Crippen LogP contribution in [0.4, 0.5) is 0 Å². The minimum Gasteiger partial charge on any atom is -0.394 e. The van der Waals surface area contributed by atoms with Gasteiger partial charge < -0.3 is 21.5 Å². The molecule has 0 aromatic carbocycles. The zero-order valence-electron chi connectivity index (χ0n) is 12.6. The van der Waals surface area contributed by atoms with Gasteiger partial charge in [0.1, 0.15) is 0 Å². The van der Waals surface area contributed by atoms with Gasteiger partial charge in [0.15, 0.2) is 0 Å². The number of nitrogens with two attached hydrogens (primary N) is 1. The molecule has 0 aromatic rings. The van der Waals surface area contributed by atoms with E-state index in [4.69, 9.17) is 12.2 Å². The summed E-state index contributed by atoms with van der Waals surface area (Å²) in [6, 6.07) is -0.735. The molecule has 5 N–H and O–H groups in total. The van der Waals surface area contributed by atoms with E-state index in [1.54, 1.807) is 0 Å². The number of unbranched alkanes of at least 4 members (excludes halogenated alkanes) is 1. The van der Waals surface area contributed by atoms with Crippen LogP contribution in [0.5, 0.6) is 0 Å². The molecule has 2 unspecified atom stereocenters. The van der Waals surface area contributed by atoms with Gasteiger partial charge in [-0.25, -0.2) is 0 Å². The van der Waals surface area contributed by atoms with E-state index >= 15 is 0 Å². The number of aliphatic hydroxyl groups is 1. The van der Waals surface area contributed by atoms with E-state index in [1.807, 2.05) is 13.8 Å². The van der Waals surface area contributed by atoms with Gasteiger partial charge in [-0.15, -0.1) is 0 Å². The molecular formula is C13H29N3O2.